The first-order valence-electron chi connectivity index (χ1n) is 14.0. The SMILES string of the molecule is O=Cc1ccc(-c2cccc(Oc3ncc(F)cc3C(=O)NC3CCC(NC(=O)O)CC3)c2)c(CN2CCSCC2)c1. The van der Waals surface area contributed by atoms with Crippen LogP contribution in [-0.4, -0.2) is 70.0 Å². The molecule has 1 saturated carbocycles. The van der Waals surface area contributed by atoms with E-state index in [0.29, 0.717) is 37.0 Å². The third kappa shape index (κ3) is 7.65. The van der Waals surface area contributed by atoms with Crippen molar-refractivity contribution in [3.63, 3.8) is 0 Å². The first kappa shape index (κ1) is 29.5. The minimum absolute atomic E-state index is 0.0189. The normalized spacial score (nSPS) is 19.1. The number of hydrogen-bond acceptors (Lipinski definition) is 7. The summed E-state index contributed by atoms with van der Waals surface area (Å²) < 4.78 is 20.2. The maximum Gasteiger partial charge on any atom is 0.404 e. The topological polar surface area (TPSA) is 121 Å². The lowest BCUT2D eigenvalue weighted by atomic mass is 9.91. The Labute approximate surface area is 247 Å². The number of rotatable bonds is 9. The van der Waals surface area contributed by atoms with Gasteiger partial charge in [-0.3, -0.25) is 14.5 Å². The van der Waals surface area contributed by atoms with Crippen LogP contribution in [0.15, 0.2) is 54.7 Å². The summed E-state index contributed by atoms with van der Waals surface area (Å²) in [5, 5.41) is 14.3. The molecule has 1 aliphatic heterocycles. The van der Waals surface area contributed by atoms with Crippen molar-refractivity contribution in [2.45, 2.75) is 44.3 Å². The number of ether oxygens (including phenoxy) is 1. The zero-order chi connectivity index (χ0) is 29.5. The van der Waals surface area contributed by atoms with E-state index < -0.39 is 17.8 Å². The molecule has 2 heterocycles. The van der Waals surface area contributed by atoms with E-state index in [-0.39, 0.29) is 23.5 Å². The molecule has 1 saturated heterocycles. The summed E-state index contributed by atoms with van der Waals surface area (Å²) in [5.41, 5.74) is 3.49. The summed E-state index contributed by atoms with van der Waals surface area (Å²) in [6.45, 7) is 2.70. The lowest BCUT2D eigenvalue weighted by Gasteiger charge is -2.29. The highest BCUT2D eigenvalue weighted by Crippen LogP contribution is 2.32. The van der Waals surface area contributed by atoms with Crippen LogP contribution in [0.25, 0.3) is 11.1 Å². The van der Waals surface area contributed by atoms with Gasteiger partial charge in [0.25, 0.3) is 5.91 Å². The lowest BCUT2D eigenvalue weighted by molar-refractivity contribution is 0.0919. The van der Waals surface area contributed by atoms with Crippen molar-refractivity contribution in [1.29, 1.82) is 0 Å². The number of benzene rings is 2. The van der Waals surface area contributed by atoms with Crippen LogP contribution >= 0.6 is 11.8 Å². The highest BCUT2D eigenvalue weighted by Gasteiger charge is 2.25. The van der Waals surface area contributed by atoms with Crippen LogP contribution in [0.2, 0.25) is 0 Å². The predicted octanol–water partition coefficient (Wildman–Crippen LogP) is 5.35. The second kappa shape index (κ2) is 13.8. The number of aromatic nitrogens is 1. The van der Waals surface area contributed by atoms with Gasteiger partial charge in [0, 0.05) is 48.8 Å². The van der Waals surface area contributed by atoms with Gasteiger partial charge in [-0.1, -0.05) is 24.3 Å². The fraction of sp³-hybridized carbons (Fsp3) is 0.355. The largest absolute Gasteiger partial charge is 0.465 e. The Balaban J connectivity index is 1.33. The summed E-state index contributed by atoms with van der Waals surface area (Å²) in [7, 11) is 0. The van der Waals surface area contributed by atoms with Crippen molar-refractivity contribution in [2.75, 3.05) is 24.6 Å². The van der Waals surface area contributed by atoms with Crippen molar-refractivity contribution in [3.8, 4) is 22.8 Å². The van der Waals surface area contributed by atoms with Gasteiger partial charge in [0.2, 0.25) is 5.88 Å². The van der Waals surface area contributed by atoms with Gasteiger partial charge in [0.15, 0.2) is 0 Å². The molecule has 9 nitrogen and oxygen atoms in total. The predicted molar refractivity (Wildman–Crippen MR) is 159 cm³/mol. The first-order valence-corrected chi connectivity index (χ1v) is 15.2. The molecule has 3 aromatic rings. The molecule has 2 amide bonds. The highest BCUT2D eigenvalue weighted by atomic mass is 32.2. The molecule has 0 spiro atoms. The third-order valence-corrected chi connectivity index (χ3v) is 8.52. The monoisotopic (exact) mass is 592 g/mol. The first-order chi connectivity index (χ1) is 20.4. The zero-order valence-electron chi connectivity index (χ0n) is 23.1. The van der Waals surface area contributed by atoms with Crippen LogP contribution in [-0.2, 0) is 6.54 Å². The molecule has 11 heteroatoms. The molecule has 3 N–H and O–H groups in total. The Morgan fingerprint density at radius 1 is 1.05 bits per heavy atom. The smallest absolute Gasteiger partial charge is 0.404 e. The van der Waals surface area contributed by atoms with Crippen LogP contribution in [0.3, 0.4) is 0 Å². The Hall–Kier alpha value is -3.96. The summed E-state index contributed by atoms with van der Waals surface area (Å²) in [6, 6.07) is 13.8. The molecule has 220 valence electrons. The second-order valence-electron chi connectivity index (χ2n) is 10.5. The Morgan fingerprint density at radius 2 is 1.79 bits per heavy atom. The summed E-state index contributed by atoms with van der Waals surface area (Å²) >= 11 is 1.94. The van der Waals surface area contributed by atoms with Crippen LogP contribution in [0.4, 0.5) is 9.18 Å². The molecule has 0 bridgehead atoms. The van der Waals surface area contributed by atoms with Gasteiger partial charge in [-0.2, -0.15) is 11.8 Å². The zero-order valence-corrected chi connectivity index (χ0v) is 23.9. The molecule has 2 aromatic carbocycles. The number of carbonyl (C=O) groups is 3. The summed E-state index contributed by atoms with van der Waals surface area (Å²) in [6.07, 6.45) is 3.19. The number of carbonyl (C=O) groups excluding carboxylic acids is 2. The number of nitrogens with zero attached hydrogens (tertiary/aromatic N) is 2. The van der Waals surface area contributed by atoms with E-state index in [4.69, 9.17) is 9.84 Å². The molecule has 5 rings (SSSR count). The average molecular weight is 593 g/mol. The van der Waals surface area contributed by atoms with Crippen molar-refractivity contribution in [1.82, 2.24) is 20.5 Å². The van der Waals surface area contributed by atoms with E-state index in [1.165, 1.54) is 0 Å². The number of thioether (sulfide) groups is 1. The number of carboxylic acid groups (broad SMARTS) is 1. The average Bonchev–Trinajstić information content (AvgIpc) is 2.99. The van der Waals surface area contributed by atoms with Crippen LogP contribution in [0.1, 0.15) is 52.0 Å². The van der Waals surface area contributed by atoms with E-state index in [0.717, 1.165) is 66.4 Å². The third-order valence-electron chi connectivity index (χ3n) is 7.57. The maximum absolute atomic E-state index is 14.2. The Kier molecular flexibility index (Phi) is 9.70. The van der Waals surface area contributed by atoms with Crippen LogP contribution in [0.5, 0.6) is 11.6 Å². The van der Waals surface area contributed by atoms with Crippen molar-refractivity contribution in [3.05, 3.63) is 77.2 Å². The van der Waals surface area contributed by atoms with Crippen LogP contribution in [0, 0.1) is 5.82 Å². The van der Waals surface area contributed by atoms with Gasteiger partial charge in [0.1, 0.15) is 23.4 Å². The molecule has 2 aliphatic rings. The molecule has 0 atom stereocenters. The molecule has 0 unspecified atom stereocenters. The summed E-state index contributed by atoms with van der Waals surface area (Å²) in [5.74, 6) is 1.40. The highest BCUT2D eigenvalue weighted by molar-refractivity contribution is 7.99. The van der Waals surface area contributed by atoms with Gasteiger partial charge in [-0.25, -0.2) is 14.2 Å². The minimum Gasteiger partial charge on any atom is -0.465 e. The van der Waals surface area contributed by atoms with Gasteiger partial charge < -0.3 is 20.5 Å². The van der Waals surface area contributed by atoms with Crippen molar-refractivity contribution in [2.24, 2.45) is 0 Å². The van der Waals surface area contributed by atoms with E-state index in [9.17, 15) is 18.8 Å². The second-order valence-corrected chi connectivity index (χ2v) is 11.8. The van der Waals surface area contributed by atoms with Gasteiger partial charge in [-0.15, -0.1) is 0 Å². The fourth-order valence-electron chi connectivity index (χ4n) is 5.43. The Morgan fingerprint density at radius 3 is 2.50 bits per heavy atom. The van der Waals surface area contributed by atoms with E-state index >= 15 is 0 Å². The number of aldehydes is 1. The molecule has 42 heavy (non-hydrogen) atoms. The number of halogens is 1. The van der Waals surface area contributed by atoms with Crippen molar-refractivity contribution >= 4 is 30.0 Å². The van der Waals surface area contributed by atoms with Gasteiger partial charge >= 0.3 is 6.09 Å². The maximum atomic E-state index is 14.2. The van der Waals surface area contributed by atoms with Gasteiger partial charge in [0.05, 0.1) is 6.20 Å². The quantitative estimate of drug-likeness (QED) is 0.285. The number of hydrogen-bond donors (Lipinski definition) is 3. The summed E-state index contributed by atoms with van der Waals surface area (Å²) in [4.78, 5) is 42.1. The van der Waals surface area contributed by atoms with E-state index in [2.05, 4.69) is 20.5 Å². The standard InChI is InChI=1S/C31H33FN4O5S/c32-23-16-28(29(38)34-24-5-7-25(8-6-24)35-31(39)40)30(33-17-23)41-26-3-1-2-21(15-26)27-9-4-20(19-37)14-22(27)18-36-10-12-42-13-11-36/h1-4,9,14-17,19,24-25,35H,5-8,10-13,18H2,(H,34,38)(H,39,40). The lowest BCUT2D eigenvalue weighted by Crippen LogP contribution is -2.43. The Bertz CT molecular complexity index is 1440. The van der Waals surface area contributed by atoms with E-state index in [1.807, 2.05) is 42.1 Å². The molecule has 1 aliphatic carbocycles. The number of amides is 2. The minimum atomic E-state index is -1.06. The fourth-order valence-corrected chi connectivity index (χ4v) is 6.41. The molecule has 1 aromatic heterocycles. The van der Waals surface area contributed by atoms with Crippen molar-refractivity contribution < 1.29 is 28.6 Å². The molecule has 2 fully saturated rings. The molecular weight excluding hydrogens is 559 g/mol. The number of nitrogens with one attached hydrogen (secondary N) is 2. The number of pyridine rings is 1. The van der Waals surface area contributed by atoms with Gasteiger partial charge in [-0.05, 0) is 66.6 Å². The van der Waals surface area contributed by atoms with Crippen LogP contribution < -0.4 is 15.4 Å². The molecule has 0 radical (unpaired) electrons. The molecular formula is C31H33FN4O5S. The van der Waals surface area contributed by atoms with E-state index in [1.54, 1.807) is 12.1 Å².